The molecular formula is C23H27NO2. The lowest BCUT2D eigenvalue weighted by Crippen LogP contribution is -2.13. The van der Waals surface area contributed by atoms with Gasteiger partial charge in [0.05, 0.1) is 0 Å². The summed E-state index contributed by atoms with van der Waals surface area (Å²) in [5.74, 6) is -0.172. The van der Waals surface area contributed by atoms with E-state index in [0.717, 1.165) is 28.5 Å². The second-order valence-corrected chi connectivity index (χ2v) is 5.55. The first-order valence-corrected chi connectivity index (χ1v) is 8.87. The zero-order valence-electron chi connectivity index (χ0n) is 15.8. The van der Waals surface area contributed by atoms with Crippen molar-refractivity contribution < 1.29 is 9.59 Å². The molecule has 0 atom stereocenters. The lowest BCUT2D eigenvalue weighted by molar-refractivity contribution is -0.118. The molecule has 0 saturated heterocycles. The van der Waals surface area contributed by atoms with Gasteiger partial charge in [-0.3, -0.25) is 4.79 Å². The zero-order chi connectivity index (χ0) is 19.4. The van der Waals surface area contributed by atoms with Gasteiger partial charge in [-0.05, 0) is 29.7 Å². The highest BCUT2D eigenvalue weighted by Crippen LogP contribution is 2.28. The zero-order valence-corrected chi connectivity index (χ0v) is 15.8. The maximum atomic E-state index is 11.9. The molecular weight excluding hydrogens is 322 g/mol. The Balaban J connectivity index is 0.00000163. The Morgan fingerprint density at radius 3 is 2.35 bits per heavy atom. The molecule has 2 aromatic carbocycles. The maximum Gasteiger partial charge on any atom is 0.224 e. The van der Waals surface area contributed by atoms with E-state index >= 15 is 0 Å². The average molecular weight is 349 g/mol. The summed E-state index contributed by atoms with van der Waals surface area (Å²) in [6, 6.07) is 15.8. The highest BCUT2D eigenvalue weighted by atomic mass is 16.1. The van der Waals surface area contributed by atoms with Crippen LogP contribution in [0.2, 0.25) is 0 Å². The van der Waals surface area contributed by atoms with Gasteiger partial charge in [-0.2, -0.15) is 0 Å². The van der Waals surface area contributed by atoms with Crippen molar-refractivity contribution in [2.24, 2.45) is 0 Å². The number of nitrogens with one attached hydrogen (secondary N) is 1. The van der Waals surface area contributed by atoms with E-state index in [0.29, 0.717) is 5.69 Å². The third-order valence-electron chi connectivity index (χ3n) is 3.54. The van der Waals surface area contributed by atoms with Gasteiger partial charge < -0.3 is 10.1 Å². The number of allylic oxidation sites excluding steroid dienone is 1. The Labute approximate surface area is 156 Å². The Hall–Kier alpha value is -2.94. The monoisotopic (exact) mass is 349 g/mol. The predicted octanol–water partition coefficient (Wildman–Crippen LogP) is 5.83. The number of hydrogen-bond donors (Lipinski definition) is 1. The Morgan fingerprint density at radius 2 is 1.73 bits per heavy atom. The van der Waals surface area contributed by atoms with Crippen molar-refractivity contribution in [3.8, 4) is 0 Å². The summed E-state index contributed by atoms with van der Waals surface area (Å²) in [6.45, 7) is 9.94. The molecule has 0 spiro atoms. The van der Waals surface area contributed by atoms with Crippen LogP contribution in [0, 0.1) is 0 Å². The molecule has 0 radical (unpaired) electrons. The fourth-order valence-electron chi connectivity index (χ4n) is 2.44. The standard InChI is InChI=1S/C21H21NO2.C2H6/c1-16(2)21-18(14-13-17-8-4-3-5-9-17)10-6-11-19(21)22-20(24)12-7-15-23;1-2/h3-6,8-11,13-15H,1,7,12H2,2H3,(H,22,24);1-2H3/b14-13+;. The molecule has 2 aromatic rings. The summed E-state index contributed by atoms with van der Waals surface area (Å²) in [6.07, 6.45) is 5.20. The average Bonchev–Trinajstić information content (AvgIpc) is 2.67. The largest absolute Gasteiger partial charge is 0.325 e. The molecule has 3 nitrogen and oxygen atoms in total. The summed E-state index contributed by atoms with van der Waals surface area (Å²) in [5, 5.41) is 2.87. The second kappa shape index (κ2) is 11.6. The van der Waals surface area contributed by atoms with Crippen molar-refractivity contribution >= 4 is 35.6 Å². The number of rotatable bonds is 7. The van der Waals surface area contributed by atoms with Crippen LogP contribution in [-0.2, 0) is 9.59 Å². The fraction of sp³-hybridized carbons (Fsp3) is 0.217. The molecule has 0 aliphatic rings. The van der Waals surface area contributed by atoms with E-state index in [1.165, 1.54) is 0 Å². The Kier molecular flexibility index (Phi) is 9.40. The minimum Gasteiger partial charge on any atom is -0.325 e. The summed E-state index contributed by atoms with van der Waals surface area (Å²) in [4.78, 5) is 22.3. The number of aldehydes is 1. The van der Waals surface area contributed by atoms with E-state index < -0.39 is 0 Å². The summed E-state index contributed by atoms with van der Waals surface area (Å²) < 4.78 is 0. The van der Waals surface area contributed by atoms with Gasteiger partial charge in [0.2, 0.25) is 5.91 Å². The highest BCUT2D eigenvalue weighted by molar-refractivity contribution is 5.96. The molecule has 0 aliphatic carbocycles. The number of carbonyl (C=O) groups is 2. The van der Waals surface area contributed by atoms with Crippen LogP contribution in [0.5, 0.6) is 0 Å². The van der Waals surface area contributed by atoms with Gasteiger partial charge in [-0.25, -0.2) is 0 Å². The number of benzene rings is 2. The van der Waals surface area contributed by atoms with E-state index in [9.17, 15) is 9.59 Å². The molecule has 0 bridgehead atoms. The quantitative estimate of drug-likeness (QED) is 0.504. The molecule has 1 N–H and O–H groups in total. The Morgan fingerprint density at radius 1 is 1.04 bits per heavy atom. The number of amides is 1. The molecule has 0 unspecified atom stereocenters. The smallest absolute Gasteiger partial charge is 0.224 e. The van der Waals surface area contributed by atoms with E-state index in [1.807, 2.05) is 81.5 Å². The van der Waals surface area contributed by atoms with Crippen LogP contribution in [-0.4, -0.2) is 12.2 Å². The van der Waals surface area contributed by atoms with Gasteiger partial charge in [0.1, 0.15) is 6.29 Å². The van der Waals surface area contributed by atoms with E-state index in [4.69, 9.17) is 0 Å². The molecule has 3 heteroatoms. The first-order chi connectivity index (χ1) is 12.6. The van der Waals surface area contributed by atoms with Gasteiger partial charge >= 0.3 is 0 Å². The van der Waals surface area contributed by atoms with Gasteiger partial charge in [0, 0.05) is 24.1 Å². The van der Waals surface area contributed by atoms with Gasteiger partial charge in [0.15, 0.2) is 0 Å². The molecule has 136 valence electrons. The summed E-state index contributed by atoms with van der Waals surface area (Å²) >= 11 is 0. The third-order valence-corrected chi connectivity index (χ3v) is 3.54. The lowest BCUT2D eigenvalue weighted by atomic mass is 9.98. The highest BCUT2D eigenvalue weighted by Gasteiger charge is 2.10. The SMILES string of the molecule is C=C(C)c1c(/C=C/c2ccccc2)cccc1NC(=O)CCC=O.CC. The van der Waals surface area contributed by atoms with Gasteiger partial charge in [-0.15, -0.1) is 0 Å². The number of carbonyl (C=O) groups excluding carboxylic acids is 2. The Bertz CT molecular complexity index is 761. The van der Waals surface area contributed by atoms with E-state index in [-0.39, 0.29) is 18.7 Å². The molecule has 0 saturated carbocycles. The van der Waals surface area contributed by atoms with Crippen molar-refractivity contribution in [1.29, 1.82) is 0 Å². The van der Waals surface area contributed by atoms with Crippen LogP contribution in [0.15, 0.2) is 55.1 Å². The number of anilines is 1. The lowest BCUT2D eigenvalue weighted by Gasteiger charge is -2.14. The molecule has 0 aliphatic heterocycles. The van der Waals surface area contributed by atoms with Gasteiger partial charge in [0.25, 0.3) is 0 Å². The van der Waals surface area contributed by atoms with Crippen LogP contribution in [0.1, 0.15) is 50.3 Å². The summed E-state index contributed by atoms with van der Waals surface area (Å²) in [5.41, 5.74) is 4.58. The fourth-order valence-corrected chi connectivity index (χ4v) is 2.44. The minimum absolute atomic E-state index is 0.172. The van der Waals surface area contributed by atoms with Crippen molar-refractivity contribution in [1.82, 2.24) is 0 Å². The van der Waals surface area contributed by atoms with Crippen LogP contribution in [0.3, 0.4) is 0 Å². The summed E-state index contributed by atoms with van der Waals surface area (Å²) in [7, 11) is 0. The first-order valence-electron chi connectivity index (χ1n) is 8.87. The third kappa shape index (κ3) is 6.52. The van der Waals surface area contributed by atoms with Crippen molar-refractivity contribution in [3.63, 3.8) is 0 Å². The van der Waals surface area contributed by atoms with Crippen LogP contribution in [0.25, 0.3) is 17.7 Å². The second-order valence-electron chi connectivity index (χ2n) is 5.55. The van der Waals surface area contributed by atoms with Crippen molar-refractivity contribution in [2.45, 2.75) is 33.6 Å². The molecule has 26 heavy (non-hydrogen) atoms. The number of hydrogen-bond acceptors (Lipinski definition) is 2. The van der Waals surface area contributed by atoms with Crippen LogP contribution >= 0.6 is 0 Å². The minimum atomic E-state index is -0.172. The van der Waals surface area contributed by atoms with E-state index in [2.05, 4.69) is 11.9 Å². The topological polar surface area (TPSA) is 46.2 Å². The molecule has 0 heterocycles. The normalized spacial score (nSPS) is 9.96. The van der Waals surface area contributed by atoms with E-state index in [1.54, 1.807) is 0 Å². The van der Waals surface area contributed by atoms with Gasteiger partial charge in [-0.1, -0.05) is 75.0 Å². The molecule has 0 fully saturated rings. The maximum absolute atomic E-state index is 11.9. The molecule has 2 rings (SSSR count). The molecule has 1 amide bonds. The van der Waals surface area contributed by atoms with Crippen LogP contribution in [0.4, 0.5) is 5.69 Å². The predicted molar refractivity (Wildman–Crippen MR) is 112 cm³/mol. The van der Waals surface area contributed by atoms with Crippen LogP contribution < -0.4 is 5.32 Å². The first kappa shape index (κ1) is 21.1. The molecule has 0 aromatic heterocycles. The van der Waals surface area contributed by atoms with Crippen molar-refractivity contribution in [2.75, 3.05) is 5.32 Å². The van der Waals surface area contributed by atoms with Crippen molar-refractivity contribution in [3.05, 3.63) is 71.8 Å².